The van der Waals surface area contributed by atoms with E-state index >= 15 is 0 Å². The highest BCUT2D eigenvalue weighted by Gasteiger charge is 2.08. The maximum absolute atomic E-state index is 13.1. The zero-order valence-electron chi connectivity index (χ0n) is 12.2. The fourth-order valence-corrected chi connectivity index (χ4v) is 1.87. The summed E-state index contributed by atoms with van der Waals surface area (Å²) < 4.78 is 26.0. The van der Waals surface area contributed by atoms with Crippen LogP contribution in [0.3, 0.4) is 0 Å². The molecule has 2 aromatic heterocycles. The van der Waals surface area contributed by atoms with Crippen LogP contribution in [-0.2, 0) is 0 Å². The summed E-state index contributed by atoms with van der Waals surface area (Å²) in [5, 5.41) is 13.1. The van der Waals surface area contributed by atoms with Gasteiger partial charge in [0.05, 0.1) is 5.56 Å². The first-order valence-electron chi connectivity index (χ1n) is 6.89. The lowest BCUT2D eigenvalue weighted by atomic mass is 10.3. The molecule has 6 nitrogen and oxygen atoms in total. The van der Waals surface area contributed by atoms with Gasteiger partial charge in [0, 0.05) is 24.1 Å². The van der Waals surface area contributed by atoms with Gasteiger partial charge in [0.1, 0.15) is 0 Å². The molecule has 0 aliphatic rings. The van der Waals surface area contributed by atoms with Crippen molar-refractivity contribution < 1.29 is 13.6 Å². The van der Waals surface area contributed by atoms with E-state index in [4.69, 9.17) is 0 Å². The van der Waals surface area contributed by atoms with Gasteiger partial charge >= 0.3 is 0 Å². The van der Waals surface area contributed by atoms with Gasteiger partial charge in [-0.15, -0.1) is 10.2 Å². The van der Waals surface area contributed by atoms with Gasteiger partial charge in [-0.25, -0.2) is 8.78 Å². The Morgan fingerprint density at radius 3 is 2.42 bits per heavy atom. The lowest BCUT2D eigenvalue weighted by Crippen LogP contribution is -2.13. The highest BCUT2D eigenvalue weighted by atomic mass is 19.2. The molecule has 8 heteroatoms. The molecule has 2 N–H and O–H groups in total. The van der Waals surface area contributed by atoms with Crippen molar-refractivity contribution >= 4 is 23.2 Å². The topological polar surface area (TPSA) is 79.8 Å². The van der Waals surface area contributed by atoms with Gasteiger partial charge in [0.25, 0.3) is 5.91 Å². The number of hydrogen-bond donors (Lipinski definition) is 2. The summed E-state index contributed by atoms with van der Waals surface area (Å²) in [6, 6.07) is 9.74. The maximum Gasteiger partial charge on any atom is 0.258 e. The first-order valence-corrected chi connectivity index (χ1v) is 6.89. The first kappa shape index (κ1) is 15.5. The standard InChI is InChI=1S/C16H11F2N5O/c17-12-4-3-11(8-13(12)18)20-14-5-6-15(23-22-14)21-16(24)10-2-1-7-19-9-10/h1-9H,(H,20,22)(H,21,23,24). The van der Waals surface area contributed by atoms with Crippen LogP contribution in [0.5, 0.6) is 0 Å². The Hall–Kier alpha value is -3.42. The molecular weight excluding hydrogens is 316 g/mol. The monoisotopic (exact) mass is 327 g/mol. The van der Waals surface area contributed by atoms with E-state index in [-0.39, 0.29) is 11.7 Å². The molecule has 24 heavy (non-hydrogen) atoms. The maximum atomic E-state index is 13.1. The Morgan fingerprint density at radius 2 is 1.75 bits per heavy atom. The van der Waals surface area contributed by atoms with Crippen LogP contribution in [0.15, 0.2) is 54.9 Å². The number of anilines is 3. The lowest BCUT2D eigenvalue weighted by molar-refractivity contribution is 0.102. The molecule has 0 fully saturated rings. The molecule has 0 aliphatic heterocycles. The average molecular weight is 327 g/mol. The number of aromatic nitrogens is 3. The summed E-state index contributed by atoms with van der Waals surface area (Å²) >= 11 is 0. The van der Waals surface area contributed by atoms with Gasteiger partial charge < -0.3 is 10.6 Å². The molecule has 3 rings (SSSR count). The summed E-state index contributed by atoms with van der Waals surface area (Å²) in [4.78, 5) is 15.8. The second kappa shape index (κ2) is 6.78. The number of halogens is 2. The van der Waals surface area contributed by atoms with Crippen LogP contribution >= 0.6 is 0 Å². The van der Waals surface area contributed by atoms with E-state index in [1.54, 1.807) is 24.4 Å². The summed E-state index contributed by atoms with van der Waals surface area (Å²) in [7, 11) is 0. The predicted molar refractivity (Wildman–Crippen MR) is 83.9 cm³/mol. The molecule has 0 spiro atoms. The molecular formula is C16H11F2N5O. The minimum Gasteiger partial charge on any atom is -0.339 e. The van der Waals surface area contributed by atoms with Crippen LogP contribution in [0.2, 0.25) is 0 Å². The van der Waals surface area contributed by atoms with Gasteiger partial charge in [0.15, 0.2) is 23.3 Å². The second-order valence-corrected chi connectivity index (χ2v) is 4.75. The molecule has 0 unspecified atom stereocenters. The quantitative estimate of drug-likeness (QED) is 0.769. The third-order valence-electron chi connectivity index (χ3n) is 3.02. The van der Waals surface area contributed by atoms with Crippen molar-refractivity contribution in [2.24, 2.45) is 0 Å². The van der Waals surface area contributed by atoms with Gasteiger partial charge in [-0.1, -0.05) is 0 Å². The lowest BCUT2D eigenvalue weighted by Gasteiger charge is -2.07. The molecule has 0 aliphatic carbocycles. The molecule has 1 amide bonds. The van der Waals surface area contributed by atoms with Crippen molar-refractivity contribution in [1.29, 1.82) is 0 Å². The predicted octanol–water partition coefficient (Wildman–Crippen LogP) is 3.15. The number of benzene rings is 1. The fraction of sp³-hybridized carbons (Fsp3) is 0. The Labute approximate surface area is 135 Å². The molecule has 0 saturated heterocycles. The minimum absolute atomic E-state index is 0.250. The molecule has 2 heterocycles. The zero-order chi connectivity index (χ0) is 16.9. The van der Waals surface area contributed by atoms with Gasteiger partial charge in [-0.2, -0.15) is 0 Å². The number of carbonyl (C=O) groups is 1. The first-order chi connectivity index (χ1) is 11.6. The Bertz CT molecular complexity index is 856. The van der Waals surface area contributed by atoms with Gasteiger partial charge in [0.2, 0.25) is 0 Å². The minimum atomic E-state index is -0.965. The van der Waals surface area contributed by atoms with Crippen molar-refractivity contribution in [2.45, 2.75) is 0 Å². The number of pyridine rings is 1. The summed E-state index contributed by atoms with van der Waals surface area (Å²) in [5.41, 5.74) is 0.721. The van der Waals surface area contributed by atoms with Crippen LogP contribution in [0.25, 0.3) is 0 Å². The van der Waals surface area contributed by atoms with Gasteiger partial charge in [-0.05, 0) is 36.4 Å². The van der Waals surface area contributed by atoms with E-state index in [2.05, 4.69) is 25.8 Å². The number of amides is 1. The van der Waals surface area contributed by atoms with Crippen molar-refractivity contribution in [3.05, 3.63) is 72.1 Å². The van der Waals surface area contributed by atoms with E-state index in [9.17, 15) is 13.6 Å². The second-order valence-electron chi connectivity index (χ2n) is 4.75. The largest absolute Gasteiger partial charge is 0.339 e. The van der Waals surface area contributed by atoms with E-state index in [1.165, 1.54) is 18.3 Å². The third kappa shape index (κ3) is 3.67. The molecule has 1 aromatic carbocycles. The van der Waals surface area contributed by atoms with Crippen LogP contribution in [0.4, 0.5) is 26.1 Å². The number of carbonyl (C=O) groups excluding carboxylic acids is 1. The summed E-state index contributed by atoms with van der Waals surface area (Å²) in [6.45, 7) is 0. The smallest absolute Gasteiger partial charge is 0.258 e. The SMILES string of the molecule is O=C(Nc1ccc(Nc2ccc(F)c(F)c2)nn1)c1cccnc1. The third-order valence-corrected chi connectivity index (χ3v) is 3.02. The zero-order valence-corrected chi connectivity index (χ0v) is 12.2. The van der Waals surface area contributed by atoms with Crippen molar-refractivity contribution in [1.82, 2.24) is 15.2 Å². The summed E-state index contributed by atoms with van der Waals surface area (Å²) in [5.74, 6) is -1.69. The number of rotatable bonds is 4. The summed E-state index contributed by atoms with van der Waals surface area (Å²) in [6.07, 6.45) is 3.00. The Kier molecular flexibility index (Phi) is 4.37. The number of nitrogens with zero attached hydrogens (tertiary/aromatic N) is 3. The van der Waals surface area contributed by atoms with Gasteiger partial charge in [-0.3, -0.25) is 9.78 Å². The van der Waals surface area contributed by atoms with Crippen LogP contribution in [0, 0.1) is 11.6 Å². The molecule has 3 aromatic rings. The normalized spacial score (nSPS) is 10.2. The van der Waals surface area contributed by atoms with Crippen LogP contribution in [0.1, 0.15) is 10.4 Å². The average Bonchev–Trinajstić information content (AvgIpc) is 2.61. The van der Waals surface area contributed by atoms with E-state index in [0.29, 0.717) is 17.1 Å². The molecule has 0 bridgehead atoms. The number of nitrogens with one attached hydrogen (secondary N) is 2. The molecule has 120 valence electrons. The van der Waals surface area contributed by atoms with Crippen molar-refractivity contribution in [2.75, 3.05) is 10.6 Å². The number of hydrogen-bond acceptors (Lipinski definition) is 5. The molecule has 0 atom stereocenters. The highest BCUT2D eigenvalue weighted by Crippen LogP contribution is 2.17. The van der Waals surface area contributed by atoms with Crippen molar-refractivity contribution in [3.63, 3.8) is 0 Å². The Morgan fingerprint density at radius 1 is 0.958 bits per heavy atom. The van der Waals surface area contributed by atoms with Crippen LogP contribution in [-0.4, -0.2) is 21.1 Å². The Balaban J connectivity index is 1.67. The molecule has 0 radical (unpaired) electrons. The fourth-order valence-electron chi connectivity index (χ4n) is 1.87. The van der Waals surface area contributed by atoms with E-state index in [1.807, 2.05) is 0 Å². The van der Waals surface area contributed by atoms with Crippen LogP contribution < -0.4 is 10.6 Å². The van der Waals surface area contributed by atoms with Crippen molar-refractivity contribution in [3.8, 4) is 0 Å². The van der Waals surface area contributed by atoms with E-state index in [0.717, 1.165) is 12.1 Å². The van der Waals surface area contributed by atoms with E-state index < -0.39 is 11.6 Å². The molecule has 0 saturated carbocycles. The highest BCUT2D eigenvalue weighted by molar-refractivity contribution is 6.03.